The average molecular weight is 633 g/mol. The first-order valence-electron chi connectivity index (χ1n) is 16.6. The molecule has 2 amide bonds. The van der Waals surface area contributed by atoms with Gasteiger partial charge >= 0.3 is 0 Å². The van der Waals surface area contributed by atoms with Gasteiger partial charge in [-0.15, -0.1) is 0 Å². The number of aromatic amines is 1. The Morgan fingerprint density at radius 2 is 1.52 bits per heavy atom. The van der Waals surface area contributed by atoms with E-state index in [4.69, 9.17) is 5.73 Å². The first kappa shape index (κ1) is 32.2. The Balaban J connectivity index is 0.966. The zero-order valence-corrected chi connectivity index (χ0v) is 26.5. The maximum absolute atomic E-state index is 14.9. The number of aromatic nitrogens is 2. The molecule has 3 N–H and O–H groups in total. The number of piperidine rings is 1. The number of piperazine rings is 2. The molecule has 46 heavy (non-hydrogen) atoms. The maximum Gasteiger partial charge on any atom is 0.272 e. The van der Waals surface area contributed by atoms with Crippen LogP contribution in [0.3, 0.4) is 0 Å². The Bertz CT molecular complexity index is 1570. The lowest BCUT2D eigenvalue weighted by Gasteiger charge is -2.40. The Hall–Kier alpha value is -3.71. The fraction of sp³-hybridized carbons (Fsp3) is 0.529. The van der Waals surface area contributed by atoms with Crippen LogP contribution in [-0.2, 0) is 11.2 Å². The van der Waals surface area contributed by atoms with E-state index in [1.54, 1.807) is 29.2 Å². The zero-order chi connectivity index (χ0) is 32.0. The van der Waals surface area contributed by atoms with Crippen LogP contribution < -0.4 is 11.3 Å². The molecule has 3 aliphatic heterocycles. The van der Waals surface area contributed by atoms with Crippen LogP contribution >= 0.6 is 0 Å². The summed E-state index contributed by atoms with van der Waals surface area (Å²) >= 11 is 0. The maximum atomic E-state index is 14.9. The van der Waals surface area contributed by atoms with E-state index in [0.29, 0.717) is 50.2 Å². The molecule has 1 aromatic heterocycles. The highest BCUT2D eigenvalue weighted by atomic mass is 19.1. The largest absolute Gasteiger partial charge is 0.338 e. The summed E-state index contributed by atoms with van der Waals surface area (Å²) < 4.78 is 14.9. The fourth-order valence-electron chi connectivity index (χ4n) is 7.04. The predicted octanol–water partition coefficient (Wildman–Crippen LogP) is 1.23. The average Bonchev–Trinajstić information content (AvgIpc) is 3.08. The molecule has 0 spiro atoms. The molecule has 3 fully saturated rings. The number of carbonyl (C=O) groups is 2. The molecule has 0 bridgehead atoms. The van der Waals surface area contributed by atoms with Gasteiger partial charge in [0.1, 0.15) is 5.82 Å². The van der Waals surface area contributed by atoms with Crippen molar-refractivity contribution in [2.45, 2.75) is 19.3 Å². The number of carbonyl (C=O) groups excluding carboxylic acids is 2. The van der Waals surface area contributed by atoms with Crippen LogP contribution in [0, 0.1) is 11.7 Å². The highest BCUT2D eigenvalue weighted by molar-refractivity contribution is 5.95. The van der Waals surface area contributed by atoms with Gasteiger partial charge in [0.15, 0.2) is 0 Å². The lowest BCUT2D eigenvalue weighted by molar-refractivity contribution is -0.134. The second kappa shape index (κ2) is 14.8. The quantitative estimate of drug-likeness (QED) is 0.362. The van der Waals surface area contributed by atoms with E-state index in [2.05, 4.69) is 24.9 Å². The van der Waals surface area contributed by atoms with Crippen molar-refractivity contribution in [3.8, 4) is 0 Å². The SMILES string of the molecule is NCCN1CCC(CN2CCN(CC(=O)N3CCN(C(=O)c4cc(Cc5n[nH]c(=O)c6ccccc56)ccc4F)CC3)CC2)CC1. The zero-order valence-electron chi connectivity index (χ0n) is 26.5. The number of H-pyrrole nitrogens is 1. The van der Waals surface area contributed by atoms with Crippen molar-refractivity contribution in [3.05, 3.63) is 75.5 Å². The topological polar surface area (TPSA) is 122 Å². The van der Waals surface area contributed by atoms with Gasteiger partial charge in [-0.1, -0.05) is 24.3 Å². The summed E-state index contributed by atoms with van der Waals surface area (Å²) in [5, 5.41) is 8.00. The van der Waals surface area contributed by atoms with Crippen molar-refractivity contribution in [1.82, 2.24) is 34.7 Å². The third kappa shape index (κ3) is 7.63. The van der Waals surface area contributed by atoms with Crippen molar-refractivity contribution in [3.63, 3.8) is 0 Å². The van der Waals surface area contributed by atoms with Gasteiger partial charge in [-0.25, -0.2) is 9.49 Å². The van der Waals surface area contributed by atoms with E-state index in [1.165, 1.54) is 18.9 Å². The van der Waals surface area contributed by atoms with Crippen LogP contribution in [-0.4, -0.2) is 138 Å². The van der Waals surface area contributed by atoms with Crippen molar-refractivity contribution in [1.29, 1.82) is 0 Å². The van der Waals surface area contributed by atoms with Crippen LogP contribution in [0.2, 0.25) is 0 Å². The molecule has 12 heteroatoms. The number of hydrogen-bond donors (Lipinski definition) is 2. The molecule has 2 aromatic carbocycles. The lowest BCUT2D eigenvalue weighted by atomic mass is 9.96. The van der Waals surface area contributed by atoms with Crippen LogP contribution in [0.5, 0.6) is 0 Å². The predicted molar refractivity (Wildman–Crippen MR) is 175 cm³/mol. The van der Waals surface area contributed by atoms with Gasteiger partial charge < -0.3 is 25.3 Å². The summed E-state index contributed by atoms with van der Waals surface area (Å²) in [6, 6.07) is 11.7. The molecule has 0 atom stereocenters. The van der Waals surface area contributed by atoms with Crippen molar-refractivity contribution >= 4 is 22.6 Å². The number of rotatable bonds is 9. The number of likely N-dealkylation sites (tertiary alicyclic amines) is 1. The van der Waals surface area contributed by atoms with Gasteiger partial charge in [-0.3, -0.25) is 19.3 Å². The van der Waals surface area contributed by atoms with Crippen LogP contribution in [0.4, 0.5) is 4.39 Å². The number of amides is 2. The molecule has 6 rings (SSSR count). The number of benzene rings is 2. The molecule has 246 valence electrons. The standard InChI is InChI=1S/C34H45FN8O3/c35-30-6-5-26(22-31-27-3-1-2-4-28(27)33(45)38-37-31)21-29(30)34(46)43-19-17-42(18-20-43)32(44)24-41-15-13-40(14-16-41)23-25-7-10-39(11-8-25)12-9-36/h1-6,21,25H,7-20,22-24,36H2,(H,38,45). The van der Waals surface area contributed by atoms with Crippen LogP contribution in [0.1, 0.15) is 34.5 Å². The normalized spacial score (nSPS) is 19.2. The van der Waals surface area contributed by atoms with Gasteiger partial charge in [-0.2, -0.15) is 5.10 Å². The van der Waals surface area contributed by atoms with E-state index in [-0.39, 0.29) is 22.9 Å². The number of nitrogens with zero attached hydrogens (tertiary/aromatic N) is 6. The molecule has 0 unspecified atom stereocenters. The summed E-state index contributed by atoms with van der Waals surface area (Å²) in [5.74, 6) is -0.138. The van der Waals surface area contributed by atoms with Crippen LogP contribution in [0.25, 0.3) is 10.8 Å². The Morgan fingerprint density at radius 3 is 2.24 bits per heavy atom. The molecule has 3 saturated heterocycles. The summed E-state index contributed by atoms with van der Waals surface area (Å²) in [7, 11) is 0. The van der Waals surface area contributed by atoms with Gasteiger partial charge in [0.2, 0.25) is 5.91 Å². The summed E-state index contributed by atoms with van der Waals surface area (Å²) in [6.07, 6.45) is 2.80. The van der Waals surface area contributed by atoms with Crippen LogP contribution in [0.15, 0.2) is 47.3 Å². The number of nitrogens with two attached hydrogens (primary N) is 1. The van der Waals surface area contributed by atoms with Crippen molar-refractivity contribution in [2.24, 2.45) is 11.7 Å². The minimum absolute atomic E-state index is 0.00462. The van der Waals surface area contributed by atoms with Gasteiger partial charge in [-0.05, 0) is 55.6 Å². The first-order valence-corrected chi connectivity index (χ1v) is 16.6. The highest BCUT2D eigenvalue weighted by Gasteiger charge is 2.29. The number of nitrogens with one attached hydrogen (secondary N) is 1. The van der Waals surface area contributed by atoms with E-state index < -0.39 is 5.82 Å². The molecule has 3 aliphatic rings. The monoisotopic (exact) mass is 632 g/mol. The number of hydrogen-bond acceptors (Lipinski definition) is 8. The van der Waals surface area contributed by atoms with Gasteiger partial charge in [0.05, 0.1) is 23.2 Å². The van der Waals surface area contributed by atoms with E-state index in [1.807, 2.05) is 17.0 Å². The van der Waals surface area contributed by atoms with Gasteiger partial charge in [0, 0.05) is 83.8 Å². The molecule has 3 aromatic rings. The molecular weight excluding hydrogens is 587 g/mol. The second-order valence-corrected chi connectivity index (χ2v) is 12.9. The third-order valence-electron chi connectivity index (χ3n) is 9.82. The lowest BCUT2D eigenvalue weighted by Crippen LogP contribution is -2.55. The Kier molecular flexibility index (Phi) is 10.4. The Labute approximate surface area is 269 Å². The highest BCUT2D eigenvalue weighted by Crippen LogP contribution is 2.21. The first-order chi connectivity index (χ1) is 22.4. The summed E-state index contributed by atoms with van der Waals surface area (Å²) in [4.78, 5) is 49.4. The molecule has 4 heterocycles. The number of fused-ring (bicyclic) bond motifs is 1. The minimum Gasteiger partial charge on any atom is -0.338 e. The van der Waals surface area contributed by atoms with Crippen molar-refractivity contribution < 1.29 is 14.0 Å². The van der Waals surface area contributed by atoms with E-state index >= 15 is 0 Å². The fourth-order valence-corrected chi connectivity index (χ4v) is 7.04. The minimum atomic E-state index is -0.581. The molecule has 0 aliphatic carbocycles. The smallest absolute Gasteiger partial charge is 0.272 e. The molecule has 0 saturated carbocycles. The number of halogens is 1. The van der Waals surface area contributed by atoms with Crippen molar-refractivity contribution in [2.75, 3.05) is 91.6 Å². The Morgan fingerprint density at radius 1 is 0.848 bits per heavy atom. The third-order valence-corrected chi connectivity index (χ3v) is 9.82. The molecule has 0 radical (unpaired) electrons. The summed E-state index contributed by atoms with van der Waals surface area (Å²) in [6.45, 7) is 10.9. The molecule has 11 nitrogen and oxygen atoms in total. The van der Waals surface area contributed by atoms with E-state index in [0.717, 1.165) is 75.8 Å². The second-order valence-electron chi connectivity index (χ2n) is 12.9. The van der Waals surface area contributed by atoms with Gasteiger partial charge in [0.25, 0.3) is 11.5 Å². The molecular formula is C34H45FN8O3. The summed E-state index contributed by atoms with van der Waals surface area (Å²) in [5.41, 5.74) is 6.81. The van der Waals surface area contributed by atoms with E-state index in [9.17, 15) is 18.8 Å².